The van der Waals surface area contributed by atoms with Gasteiger partial charge in [-0.05, 0) is 113 Å². The lowest BCUT2D eigenvalue weighted by Gasteiger charge is -2.21. The number of nitriles is 4. The molecule has 0 N–H and O–H groups in total. The highest BCUT2D eigenvalue weighted by Crippen LogP contribution is 2.44. The Balaban J connectivity index is 1.31. The van der Waals surface area contributed by atoms with Gasteiger partial charge in [0, 0.05) is 27.1 Å². The fraction of sp³-hybridized carbons (Fsp3) is 0. The van der Waals surface area contributed by atoms with Gasteiger partial charge in [-0.15, -0.1) is 0 Å². The number of nitrogens with zero attached hydrogens (tertiary/aromatic N) is 6. The molecular weight excluding hydrogens is 709 g/mol. The van der Waals surface area contributed by atoms with Gasteiger partial charge in [0.15, 0.2) is 0 Å². The van der Waals surface area contributed by atoms with Crippen LogP contribution < -0.4 is 0 Å². The molecule has 0 amide bonds. The Bertz CT molecular complexity index is 3320. The minimum Gasteiger partial charge on any atom is -0.308 e. The first-order valence-electron chi connectivity index (χ1n) is 18.7. The molecule has 2 heterocycles. The van der Waals surface area contributed by atoms with E-state index in [9.17, 15) is 21.0 Å². The molecule has 6 nitrogen and oxygen atoms in total. The van der Waals surface area contributed by atoms with Crippen molar-refractivity contribution in [3.63, 3.8) is 0 Å². The molecule has 0 atom stereocenters. The average molecular weight is 737 g/mol. The van der Waals surface area contributed by atoms with Crippen LogP contribution in [0.1, 0.15) is 22.3 Å². The van der Waals surface area contributed by atoms with Crippen molar-refractivity contribution < 1.29 is 0 Å². The molecule has 58 heavy (non-hydrogen) atoms. The highest BCUT2D eigenvalue weighted by molar-refractivity contribution is 6.13. The standard InChI is InChI=1S/C52H28N6/c53-29-33-8-5-11-37(22-33)39-18-20-48-44(27-39)42-14-1-3-16-46(42)57(48)50-25-36(32-56)26-51(52(50)41-13-7-10-35(24-41)31-55)58-47-17-4-2-15-43(47)45-28-40(19-21-49(45)58)38-12-6-9-34(23-38)30-54/h1-28H. The molecule has 0 unspecified atom stereocenters. The molecule has 2 aromatic heterocycles. The van der Waals surface area contributed by atoms with E-state index in [1.807, 2.05) is 91.0 Å². The van der Waals surface area contributed by atoms with Crippen molar-refractivity contribution in [1.29, 1.82) is 21.0 Å². The van der Waals surface area contributed by atoms with E-state index in [-0.39, 0.29) is 0 Å². The number of aromatic nitrogens is 2. The summed E-state index contributed by atoms with van der Waals surface area (Å²) in [6.07, 6.45) is 0. The van der Waals surface area contributed by atoms with Crippen LogP contribution in [0.25, 0.3) is 88.4 Å². The lowest BCUT2D eigenvalue weighted by molar-refractivity contribution is 1.13. The fourth-order valence-corrected chi connectivity index (χ4v) is 8.43. The van der Waals surface area contributed by atoms with Gasteiger partial charge in [0.05, 0.1) is 80.0 Å². The Labute approximate surface area is 333 Å². The Morgan fingerprint density at radius 2 is 0.672 bits per heavy atom. The zero-order chi connectivity index (χ0) is 39.3. The van der Waals surface area contributed by atoms with Crippen molar-refractivity contribution in [2.75, 3.05) is 0 Å². The third kappa shape index (κ3) is 5.38. The molecule has 0 aliphatic heterocycles. The summed E-state index contributed by atoms with van der Waals surface area (Å²) in [7, 11) is 0. The third-order valence-corrected chi connectivity index (χ3v) is 11.0. The van der Waals surface area contributed by atoms with Gasteiger partial charge in [-0.3, -0.25) is 0 Å². The van der Waals surface area contributed by atoms with Crippen LogP contribution in [0.5, 0.6) is 0 Å². The van der Waals surface area contributed by atoms with E-state index in [1.54, 1.807) is 18.2 Å². The summed E-state index contributed by atoms with van der Waals surface area (Å²) < 4.78 is 4.46. The molecular formula is C52H28N6. The molecule has 0 saturated heterocycles. The van der Waals surface area contributed by atoms with E-state index >= 15 is 0 Å². The zero-order valence-corrected chi connectivity index (χ0v) is 30.8. The predicted octanol–water partition coefficient (Wildman–Crippen LogP) is 12.4. The van der Waals surface area contributed by atoms with E-state index in [2.05, 4.69) is 94.1 Å². The van der Waals surface area contributed by atoms with Crippen LogP contribution in [0, 0.1) is 45.3 Å². The van der Waals surface area contributed by atoms with Crippen LogP contribution in [0.3, 0.4) is 0 Å². The SMILES string of the molecule is N#Cc1cccc(-c2ccc3c(c2)c2ccccc2n3-c2cc(C#N)cc(-n3c4ccccc4c4cc(-c5cccc(C#N)c5)ccc43)c2-c2cccc(C#N)c2)c1. The molecule has 0 aliphatic rings. The molecule has 0 spiro atoms. The summed E-state index contributed by atoms with van der Waals surface area (Å²) >= 11 is 0. The molecule has 0 bridgehead atoms. The number of fused-ring (bicyclic) bond motifs is 6. The first-order valence-corrected chi connectivity index (χ1v) is 18.7. The van der Waals surface area contributed by atoms with Gasteiger partial charge >= 0.3 is 0 Å². The second-order valence-electron chi connectivity index (χ2n) is 14.2. The van der Waals surface area contributed by atoms with Crippen LogP contribution in [-0.4, -0.2) is 9.13 Å². The van der Waals surface area contributed by atoms with Gasteiger partial charge < -0.3 is 9.13 Å². The van der Waals surface area contributed by atoms with Crippen molar-refractivity contribution in [2.45, 2.75) is 0 Å². The predicted molar refractivity (Wildman–Crippen MR) is 230 cm³/mol. The van der Waals surface area contributed by atoms with Crippen LogP contribution >= 0.6 is 0 Å². The smallest absolute Gasteiger partial charge is 0.0993 e. The van der Waals surface area contributed by atoms with Gasteiger partial charge in [-0.1, -0.05) is 84.9 Å². The molecule has 0 aliphatic carbocycles. The Kier molecular flexibility index (Phi) is 7.92. The Morgan fingerprint density at radius 1 is 0.293 bits per heavy atom. The number of para-hydroxylation sites is 2. The number of rotatable bonds is 5. The van der Waals surface area contributed by atoms with Gasteiger partial charge in [0.2, 0.25) is 0 Å². The maximum atomic E-state index is 10.7. The van der Waals surface area contributed by atoms with Crippen molar-refractivity contribution in [3.05, 3.63) is 192 Å². The summed E-state index contributed by atoms with van der Waals surface area (Å²) in [5.74, 6) is 0. The van der Waals surface area contributed by atoms with Crippen molar-refractivity contribution in [3.8, 4) is 69.0 Å². The lowest BCUT2D eigenvalue weighted by Crippen LogP contribution is -2.05. The molecule has 0 saturated carbocycles. The fourth-order valence-electron chi connectivity index (χ4n) is 8.43. The molecule has 0 radical (unpaired) electrons. The number of hydrogen-bond acceptors (Lipinski definition) is 4. The molecule has 10 rings (SSSR count). The van der Waals surface area contributed by atoms with E-state index in [0.717, 1.165) is 88.4 Å². The second kappa shape index (κ2) is 13.6. The number of benzene rings is 8. The highest BCUT2D eigenvalue weighted by Gasteiger charge is 2.24. The third-order valence-electron chi connectivity index (χ3n) is 11.0. The van der Waals surface area contributed by atoms with Crippen molar-refractivity contribution in [2.24, 2.45) is 0 Å². The monoisotopic (exact) mass is 736 g/mol. The Hall–Kier alpha value is -8.68. The van der Waals surface area contributed by atoms with E-state index < -0.39 is 0 Å². The van der Waals surface area contributed by atoms with Gasteiger partial charge in [0.25, 0.3) is 0 Å². The normalized spacial score (nSPS) is 11.0. The summed E-state index contributed by atoms with van der Waals surface area (Å²) in [5, 5.41) is 44.3. The zero-order valence-electron chi connectivity index (χ0n) is 30.8. The Morgan fingerprint density at radius 3 is 1.12 bits per heavy atom. The molecule has 10 aromatic rings. The quantitative estimate of drug-likeness (QED) is 0.175. The maximum absolute atomic E-state index is 10.7. The minimum atomic E-state index is 0.483. The van der Waals surface area contributed by atoms with Crippen molar-refractivity contribution >= 4 is 43.6 Å². The van der Waals surface area contributed by atoms with Crippen molar-refractivity contribution in [1.82, 2.24) is 9.13 Å². The summed E-state index contributed by atoms with van der Waals surface area (Å²) in [5.41, 5.74) is 13.2. The van der Waals surface area contributed by atoms with Crippen LogP contribution in [0.15, 0.2) is 170 Å². The van der Waals surface area contributed by atoms with Gasteiger partial charge in [-0.2, -0.15) is 21.0 Å². The average Bonchev–Trinajstić information content (AvgIpc) is 3.80. The number of hydrogen-bond donors (Lipinski definition) is 0. The summed E-state index contributed by atoms with van der Waals surface area (Å²) in [4.78, 5) is 0. The molecule has 266 valence electrons. The first kappa shape index (κ1) is 33.9. The molecule has 0 fully saturated rings. The summed E-state index contributed by atoms with van der Waals surface area (Å²) in [6.45, 7) is 0. The largest absolute Gasteiger partial charge is 0.308 e. The molecule has 6 heteroatoms. The topological polar surface area (TPSA) is 105 Å². The molecule has 8 aromatic carbocycles. The van der Waals surface area contributed by atoms with Gasteiger partial charge in [-0.25, -0.2) is 0 Å². The first-order chi connectivity index (χ1) is 28.6. The van der Waals surface area contributed by atoms with Crippen LogP contribution in [0.2, 0.25) is 0 Å². The van der Waals surface area contributed by atoms with E-state index in [1.165, 1.54) is 0 Å². The summed E-state index contributed by atoms with van der Waals surface area (Å²) in [6, 6.07) is 65.4. The van der Waals surface area contributed by atoms with Gasteiger partial charge in [0.1, 0.15) is 0 Å². The van der Waals surface area contributed by atoms with E-state index in [4.69, 9.17) is 0 Å². The van der Waals surface area contributed by atoms with E-state index in [0.29, 0.717) is 22.3 Å². The lowest BCUT2D eigenvalue weighted by atomic mass is 9.96. The highest BCUT2D eigenvalue weighted by atomic mass is 15.0. The second-order valence-corrected chi connectivity index (χ2v) is 14.2. The van der Waals surface area contributed by atoms with Crippen LogP contribution in [0.4, 0.5) is 0 Å². The minimum absolute atomic E-state index is 0.483. The van der Waals surface area contributed by atoms with Crippen LogP contribution in [-0.2, 0) is 0 Å². The maximum Gasteiger partial charge on any atom is 0.0993 e.